The Kier molecular flexibility index (Phi) is 5.39. The highest BCUT2D eigenvalue weighted by Gasteiger charge is 2.06. The third-order valence-corrected chi connectivity index (χ3v) is 3.12. The maximum absolute atomic E-state index is 10.9. The summed E-state index contributed by atoms with van der Waals surface area (Å²) in [5.41, 5.74) is 2.69. The number of rotatable bonds is 6. The van der Waals surface area contributed by atoms with E-state index in [0.717, 1.165) is 28.7 Å². The maximum Gasteiger partial charge on any atom is 0.148 e. The maximum atomic E-state index is 10.9. The fourth-order valence-corrected chi connectivity index (χ4v) is 2.05. The van der Waals surface area contributed by atoms with E-state index in [4.69, 9.17) is 15.9 Å². The van der Waals surface area contributed by atoms with E-state index in [1.54, 1.807) is 13.2 Å². The lowest BCUT2D eigenvalue weighted by atomic mass is 9.97. The number of hydrogen-bond acceptors (Lipinski definition) is 3. The number of allylic oxidation sites excluding steroid dienone is 1. The van der Waals surface area contributed by atoms with Crippen LogP contribution in [0.15, 0.2) is 54.6 Å². The molecule has 22 heavy (non-hydrogen) atoms. The first-order chi connectivity index (χ1) is 10.8. The van der Waals surface area contributed by atoms with Gasteiger partial charge in [-0.3, -0.25) is 4.79 Å². The van der Waals surface area contributed by atoms with Gasteiger partial charge in [-0.15, -0.1) is 6.42 Å². The first-order valence-electron chi connectivity index (χ1n) is 6.75. The quantitative estimate of drug-likeness (QED) is 0.465. The molecule has 0 aliphatic carbocycles. The number of ether oxygens (including phenoxy) is 2. The lowest BCUT2D eigenvalue weighted by Crippen LogP contribution is -1.94. The van der Waals surface area contributed by atoms with Crippen molar-refractivity contribution in [3.63, 3.8) is 0 Å². The number of terminal acetylenes is 1. The smallest absolute Gasteiger partial charge is 0.148 e. The first-order valence-corrected chi connectivity index (χ1v) is 6.75. The van der Waals surface area contributed by atoms with Crippen LogP contribution in [0.2, 0.25) is 0 Å². The summed E-state index contributed by atoms with van der Waals surface area (Å²) in [6.45, 7) is 0.231. The average molecular weight is 292 g/mol. The molecule has 0 N–H and O–H groups in total. The Hall–Kier alpha value is -2.99. The van der Waals surface area contributed by atoms with Crippen LogP contribution in [0, 0.1) is 12.3 Å². The number of methoxy groups -OCH3 is 1. The van der Waals surface area contributed by atoms with Gasteiger partial charge in [0.1, 0.15) is 24.4 Å². The van der Waals surface area contributed by atoms with E-state index in [2.05, 4.69) is 5.92 Å². The van der Waals surface area contributed by atoms with E-state index >= 15 is 0 Å². The van der Waals surface area contributed by atoms with Crippen molar-refractivity contribution in [3.05, 3.63) is 65.7 Å². The van der Waals surface area contributed by atoms with Crippen LogP contribution in [0.25, 0.3) is 5.57 Å². The van der Waals surface area contributed by atoms with Crippen LogP contribution in [-0.4, -0.2) is 20.0 Å². The first kappa shape index (κ1) is 15.4. The molecule has 0 saturated carbocycles. The third kappa shape index (κ3) is 3.77. The second-order valence-corrected chi connectivity index (χ2v) is 4.46. The average Bonchev–Trinajstić information content (AvgIpc) is 2.58. The second kappa shape index (κ2) is 7.70. The summed E-state index contributed by atoms with van der Waals surface area (Å²) in [6, 6.07) is 15.0. The standard InChI is InChI=1S/C19H16O3/c1-3-14-22-18-10-6-16(7-11-18)19(12-13-20)15-4-8-17(21-2)9-5-15/h1,4-13H,14H2,2H3/b19-12+. The van der Waals surface area contributed by atoms with E-state index < -0.39 is 0 Å². The molecule has 0 saturated heterocycles. The Bertz CT molecular complexity index is 689. The third-order valence-electron chi connectivity index (χ3n) is 3.12. The highest BCUT2D eigenvalue weighted by molar-refractivity contribution is 5.89. The minimum absolute atomic E-state index is 0.231. The molecule has 3 nitrogen and oxygen atoms in total. The Labute approximate surface area is 130 Å². The fourth-order valence-electron chi connectivity index (χ4n) is 2.05. The Morgan fingerprint density at radius 3 is 2.05 bits per heavy atom. The predicted octanol–water partition coefficient (Wildman–Crippen LogP) is 3.34. The van der Waals surface area contributed by atoms with Crippen molar-refractivity contribution in [3.8, 4) is 23.8 Å². The molecule has 0 unspecified atom stereocenters. The SMILES string of the molecule is C#CCOc1ccc(/C(=C/C=O)c2ccc(OC)cc2)cc1. The molecule has 0 atom stereocenters. The largest absolute Gasteiger partial charge is 0.497 e. The Balaban J connectivity index is 2.29. The molecule has 0 bridgehead atoms. The summed E-state index contributed by atoms with van der Waals surface area (Å²) in [5, 5.41) is 0. The van der Waals surface area contributed by atoms with Gasteiger partial charge in [-0.1, -0.05) is 30.2 Å². The predicted molar refractivity (Wildman–Crippen MR) is 86.9 cm³/mol. The molecular weight excluding hydrogens is 276 g/mol. The van der Waals surface area contributed by atoms with E-state index in [1.807, 2.05) is 48.5 Å². The normalized spacial score (nSPS) is 10.6. The highest BCUT2D eigenvalue weighted by atomic mass is 16.5. The number of carbonyl (C=O) groups excluding carboxylic acids is 1. The van der Waals surface area contributed by atoms with Gasteiger partial charge in [0, 0.05) is 0 Å². The topological polar surface area (TPSA) is 35.5 Å². The van der Waals surface area contributed by atoms with Gasteiger partial charge < -0.3 is 9.47 Å². The number of benzene rings is 2. The number of carbonyl (C=O) groups is 1. The van der Waals surface area contributed by atoms with Crippen molar-refractivity contribution >= 4 is 11.9 Å². The van der Waals surface area contributed by atoms with Gasteiger partial charge in [0.2, 0.25) is 0 Å². The Morgan fingerprint density at radius 2 is 1.59 bits per heavy atom. The van der Waals surface area contributed by atoms with Gasteiger partial charge in [-0.25, -0.2) is 0 Å². The zero-order valence-corrected chi connectivity index (χ0v) is 12.3. The molecule has 0 radical (unpaired) electrons. The zero-order valence-electron chi connectivity index (χ0n) is 12.3. The molecular formula is C19H16O3. The lowest BCUT2D eigenvalue weighted by Gasteiger charge is -2.09. The monoisotopic (exact) mass is 292 g/mol. The van der Waals surface area contributed by atoms with E-state index in [-0.39, 0.29) is 6.61 Å². The molecule has 0 heterocycles. The van der Waals surface area contributed by atoms with Crippen LogP contribution in [0.5, 0.6) is 11.5 Å². The van der Waals surface area contributed by atoms with Gasteiger partial charge in [0.25, 0.3) is 0 Å². The van der Waals surface area contributed by atoms with Crippen molar-refractivity contribution in [2.24, 2.45) is 0 Å². The van der Waals surface area contributed by atoms with Gasteiger partial charge >= 0.3 is 0 Å². The zero-order chi connectivity index (χ0) is 15.8. The minimum atomic E-state index is 0.231. The van der Waals surface area contributed by atoms with Crippen molar-refractivity contribution in [2.45, 2.75) is 0 Å². The minimum Gasteiger partial charge on any atom is -0.497 e. The van der Waals surface area contributed by atoms with E-state index in [1.165, 1.54) is 0 Å². The van der Waals surface area contributed by atoms with Crippen LogP contribution < -0.4 is 9.47 Å². The van der Waals surface area contributed by atoms with Crippen molar-refractivity contribution in [1.29, 1.82) is 0 Å². The molecule has 0 fully saturated rings. The van der Waals surface area contributed by atoms with Gasteiger partial charge in [-0.05, 0) is 47.0 Å². The molecule has 0 aliphatic heterocycles. The Morgan fingerprint density at radius 1 is 1.05 bits per heavy atom. The van der Waals surface area contributed by atoms with Crippen molar-refractivity contribution in [2.75, 3.05) is 13.7 Å². The van der Waals surface area contributed by atoms with Crippen LogP contribution >= 0.6 is 0 Å². The molecule has 0 spiro atoms. The number of hydrogen-bond donors (Lipinski definition) is 0. The fraction of sp³-hybridized carbons (Fsp3) is 0.105. The molecule has 0 aliphatic rings. The molecule has 0 amide bonds. The summed E-state index contributed by atoms with van der Waals surface area (Å²) in [5.74, 6) is 3.89. The second-order valence-electron chi connectivity index (χ2n) is 4.46. The molecule has 0 aromatic heterocycles. The lowest BCUT2D eigenvalue weighted by molar-refractivity contribution is -0.104. The molecule has 2 rings (SSSR count). The summed E-state index contributed by atoms with van der Waals surface area (Å²) in [7, 11) is 1.62. The molecule has 3 heteroatoms. The van der Waals surface area contributed by atoms with E-state index in [9.17, 15) is 4.79 Å². The number of aldehydes is 1. The summed E-state index contributed by atoms with van der Waals surface area (Å²) >= 11 is 0. The van der Waals surface area contributed by atoms with Crippen LogP contribution in [0.4, 0.5) is 0 Å². The molecule has 2 aromatic carbocycles. The summed E-state index contributed by atoms with van der Waals surface area (Å²) < 4.78 is 10.5. The van der Waals surface area contributed by atoms with Crippen LogP contribution in [-0.2, 0) is 4.79 Å². The summed E-state index contributed by atoms with van der Waals surface area (Å²) in [4.78, 5) is 10.9. The highest BCUT2D eigenvalue weighted by Crippen LogP contribution is 2.26. The van der Waals surface area contributed by atoms with Crippen LogP contribution in [0.3, 0.4) is 0 Å². The van der Waals surface area contributed by atoms with Crippen molar-refractivity contribution < 1.29 is 14.3 Å². The molecule has 110 valence electrons. The van der Waals surface area contributed by atoms with Crippen LogP contribution in [0.1, 0.15) is 11.1 Å². The molecule has 2 aromatic rings. The van der Waals surface area contributed by atoms with Gasteiger partial charge in [0.15, 0.2) is 0 Å². The van der Waals surface area contributed by atoms with Gasteiger partial charge in [-0.2, -0.15) is 0 Å². The van der Waals surface area contributed by atoms with Crippen molar-refractivity contribution in [1.82, 2.24) is 0 Å². The van der Waals surface area contributed by atoms with E-state index in [0.29, 0.717) is 5.75 Å². The summed E-state index contributed by atoms with van der Waals surface area (Å²) in [6.07, 6.45) is 7.48. The van der Waals surface area contributed by atoms with Gasteiger partial charge in [0.05, 0.1) is 7.11 Å².